The van der Waals surface area contributed by atoms with E-state index < -0.39 is 0 Å². The van der Waals surface area contributed by atoms with Crippen LogP contribution in [0, 0.1) is 0 Å². The third kappa shape index (κ3) is 3.65. The number of aryl methyl sites for hydroxylation is 1. The summed E-state index contributed by atoms with van der Waals surface area (Å²) in [7, 11) is 0. The average Bonchev–Trinajstić information content (AvgIpc) is 2.07. The summed E-state index contributed by atoms with van der Waals surface area (Å²) in [6, 6.07) is 10.7. The second kappa shape index (κ2) is 5.47. The molecule has 0 fully saturated rings. The van der Waals surface area contributed by atoms with Gasteiger partial charge in [0.05, 0.1) is 0 Å². The molecule has 1 rings (SSSR count). The van der Waals surface area contributed by atoms with Gasteiger partial charge in [-0.15, -0.1) is 0 Å². The first-order chi connectivity index (χ1) is 5.43. The van der Waals surface area contributed by atoms with Crippen molar-refractivity contribution < 1.29 is 0 Å². The molecule has 11 heavy (non-hydrogen) atoms. The van der Waals surface area contributed by atoms with Crippen LogP contribution in [0.1, 0.15) is 18.4 Å². The Balaban J connectivity index is 2.28. The van der Waals surface area contributed by atoms with Crippen molar-refractivity contribution in [3.63, 3.8) is 0 Å². The van der Waals surface area contributed by atoms with Crippen molar-refractivity contribution in [2.75, 3.05) is 0 Å². The van der Waals surface area contributed by atoms with Crippen molar-refractivity contribution in [1.29, 1.82) is 0 Å². The Kier molecular flexibility index (Phi) is 4.43. The van der Waals surface area contributed by atoms with Crippen LogP contribution in [0.25, 0.3) is 0 Å². The predicted molar refractivity (Wildman–Crippen MR) is 49.9 cm³/mol. The number of hydrogen-bond acceptors (Lipinski definition) is 0. The Morgan fingerprint density at radius 2 is 1.73 bits per heavy atom. The van der Waals surface area contributed by atoms with Crippen LogP contribution in [0.3, 0.4) is 0 Å². The molecular formula is C10H13Li. The van der Waals surface area contributed by atoms with Crippen LogP contribution in [0.4, 0.5) is 0 Å². The molecule has 0 nitrogen and oxygen atoms in total. The summed E-state index contributed by atoms with van der Waals surface area (Å²) >= 11 is 2.24. The molecule has 0 aromatic heterocycles. The van der Waals surface area contributed by atoms with Crippen LogP contribution >= 0.6 is 0 Å². The fourth-order valence-corrected chi connectivity index (χ4v) is 1.22. The van der Waals surface area contributed by atoms with E-state index in [1.165, 1.54) is 29.9 Å². The van der Waals surface area contributed by atoms with Gasteiger partial charge in [-0.25, -0.2) is 0 Å². The Hall–Kier alpha value is -0.183. The molecule has 0 radical (unpaired) electrons. The number of benzene rings is 1. The molecule has 0 unspecified atom stereocenters. The Labute approximate surface area is 78.2 Å². The summed E-state index contributed by atoms with van der Waals surface area (Å²) in [6.07, 6.45) is 3.93. The summed E-state index contributed by atoms with van der Waals surface area (Å²) < 4.78 is 0. The first-order valence-electron chi connectivity index (χ1n) is 4.47. The molecule has 0 atom stereocenters. The van der Waals surface area contributed by atoms with Crippen LogP contribution in [-0.4, -0.2) is 17.7 Å². The first kappa shape index (κ1) is 8.91. The van der Waals surface area contributed by atoms with Gasteiger partial charge < -0.3 is 0 Å². The van der Waals surface area contributed by atoms with E-state index in [1.54, 1.807) is 0 Å². The van der Waals surface area contributed by atoms with Crippen molar-refractivity contribution in [3.05, 3.63) is 35.9 Å². The van der Waals surface area contributed by atoms with Gasteiger partial charge in [-0.05, 0) is 0 Å². The van der Waals surface area contributed by atoms with E-state index >= 15 is 0 Å². The zero-order chi connectivity index (χ0) is 7.94. The third-order valence-corrected chi connectivity index (χ3v) is 1.91. The van der Waals surface area contributed by atoms with Crippen LogP contribution in [-0.2, 0) is 6.42 Å². The molecule has 0 heterocycles. The van der Waals surface area contributed by atoms with Gasteiger partial charge in [0.25, 0.3) is 0 Å². The van der Waals surface area contributed by atoms with Gasteiger partial charge in [-0.1, -0.05) is 0 Å². The van der Waals surface area contributed by atoms with E-state index in [0.717, 1.165) is 0 Å². The van der Waals surface area contributed by atoms with Crippen LogP contribution in [0.2, 0.25) is 5.09 Å². The molecular weight excluding hydrogens is 127 g/mol. The molecule has 0 saturated carbocycles. The predicted octanol–water partition coefficient (Wildman–Crippen LogP) is 2.60. The van der Waals surface area contributed by atoms with Gasteiger partial charge in [0.1, 0.15) is 0 Å². The van der Waals surface area contributed by atoms with Gasteiger partial charge in [0, 0.05) is 0 Å². The van der Waals surface area contributed by atoms with E-state index in [0.29, 0.717) is 0 Å². The second-order valence-corrected chi connectivity index (χ2v) is 2.94. The molecule has 0 aliphatic heterocycles. The minimum absolute atomic E-state index is 1.24. The molecule has 1 aromatic rings. The summed E-state index contributed by atoms with van der Waals surface area (Å²) in [5.74, 6) is 0. The Bertz CT molecular complexity index is 181. The summed E-state index contributed by atoms with van der Waals surface area (Å²) in [5.41, 5.74) is 1.47. The molecule has 0 amide bonds. The summed E-state index contributed by atoms with van der Waals surface area (Å²) in [5, 5.41) is 1.31. The fraction of sp³-hybridized carbons (Fsp3) is 0.400. The van der Waals surface area contributed by atoms with E-state index in [-0.39, 0.29) is 0 Å². The zero-order valence-electron chi connectivity index (χ0n) is 7.22. The minimum atomic E-state index is 1.24. The van der Waals surface area contributed by atoms with Gasteiger partial charge in [-0.3, -0.25) is 0 Å². The number of unbranched alkanes of at least 4 members (excludes halogenated alkanes) is 1. The maximum absolute atomic E-state index is 2.24. The van der Waals surface area contributed by atoms with Gasteiger partial charge >= 0.3 is 78.0 Å². The molecule has 0 aliphatic rings. The second-order valence-electron chi connectivity index (χ2n) is 2.94. The van der Waals surface area contributed by atoms with Crippen molar-refractivity contribution >= 4 is 17.7 Å². The van der Waals surface area contributed by atoms with E-state index in [2.05, 4.69) is 48.0 Å². The van der Waals surface area contributed by atoms with Gasteiger partial charge in [-0.2, -0.15) is 0 Å². The monoisotopic (exact) mass is 140 g/mol. The van der Waals surface area contributed by atoms with Crippen molar-refractivity contribution in [1.82, 2.24) is 0 Å². The fourth-order valence-electron chi connectivity index (χ4n) is 1.22. The molecule has 0 N–H and O–H groups in total. The van der Waals surface area contributed by atoms with Gasteiger partial charge in [0.15, 0.2) is 0 Å². The first-order valence-corrected chi connectivity index (χ1v) is 4.47. The van der Waals surface area contributed by atoms with Crippen molar-refractivity contribution in [3.8, 4) is 0 Å². The standard InChI is InChI=1S/C10H13.Li/c1-2-3-7-10-8-5-4-6-9-10;/h4-6,8-9H,1-3,7H2;. The molecule has 0 aliphatic carbocycles. The topological polar surface area (TPSA) is 0 Å². The van der Waals surface area contributed by atoms with E-state index in [9.17, 15) is 0 Å². The van der Waals surface area contributed by atoms with Crippen LogP contribution in [0.15, 0.2) is 30.3 Å². The molecule has 54 valence electrons. The molecule has 0 spiro atoms. The zero-order valence-corrected chi connectivity index (χ0v) is 7.22. The number of rotatable bonds is 4. The normalized spacial score (nSPS) is 10.0. The van der Waals surface area contributed by atoms with Crippen LogP contribution in [0.5, 0.6) is 0 Å². The van der Waals surface area contributed by atoms with E-state index in [1.807, 2.05) is 0 Å². The van der Waals surface area contributed by atoms with E-state index in [4.69, 9.17) is 0 Å². The number of hydrogen-bond donors (Lipinski definition) is 0. The third-order valence-electron chi connectivity index (χ3n) is 1.91. The summed E-state index contributed by atoms with van der Waals surface area (Å²) in [4.78, 5) is 0. The van der Waals surface area contributed by atoms with Crippen molar-refractivity contribution in [2.45, 2.75) is 24.4 Å². The van der Waals surface area contributed by atoms with Crippen LogP contribution < -0.4 is 0 Å². The van der Waals surface area contributed by atoms with Gasteiger partial charge in [0.2, 0.25) is 0 Å². The Morgan fingerprint density at radius 3 is 2.36 bits per heavy atom. The Morgan fingerprint density at radius 1 is 1.00 bits per heavy atom. The molecule has 1 heteroatoms. The summed E-state index contributed by atoms with van der Waals surface area (Å²) in [6.45, 7) is 0. The molecule has 1 aromatic carbocycles. The maximum atomic E-state index is 2.24. The average molecular weight is 140 g/mol. The SMILES string of the molecule is [Li][CH2]CCCc1ccccc1. The quantitative estimate of drug-likeness (QED) is 0.445. The molecule has 0 bridgehead atoms. The molecule has 0 saturated heterocycles. The van der Waals surface area contributed by atoms with Crippen molar-refractivity contribution in [2.24, 2.45) is 0 Å².